The van der Waals surface area contributed by atoms with E-state index >= 15 is 0 Å². The molecule has 5 rings (SSSR count). The van der Waals surface area contributed by atoms with Crippen LogP contribution in [-0.4, -0.2) is 43.7 Å². The average Bonchev–Trinajstić information content (AvgIpc) is 3.14. The van der Waals surface area contributed by atoms with Crippen LogP contribution in [0.3, 0.4) is 0 Å². The lowest BCUT2D eigenvalue weighted by molar-refractivity contribution is -0.194. The third kappa shape index (κ3) is 4.66. The van der Waals surface area contributed by atoms with Crippen LogP contribution >= 0.6 is 0 Å². The van der Waals surface area contributed by atoms with Gasteiger partial charge in [0, 0.05) is 37.7 Å². The van der Waals surface area contributed by atoms with Crippen molar-refractivity contribution in [2.75, 3.05) is 13.2 Å². The zero-order chi connectivity index (χ0) is 25.5. The van der Waals surface area contributed by atoms with Crippen LogP contribution in [-0.2, 0) is 28.5 Å². The molecular weight excluding hydrogens is 456 g/mol. The molecule has 0 aromatic rings. The van der Waals surface area contributed by atoms with Crippen molar-refractivity contribution in [2.45, 2.75) is 117 Å². The Labute approximate surface area is 216 Å². The predicted octanol–water partition coefficient (Wildman–Crippen LogP) is 5.97. The number of carbonyl (C=O) groups excluding carboxylic acids is 2. The SMILES string of the molecule is CC[C@H]1C[C@H](OC(C)=O)[C@@]2(C)CC[C@H]3[C@@H](CC=C4C[C@@H](OC(C)=O)CC[C@@]43COC3CCCCO3)[C@H]12. The van der Waals surface area contributed by atoms with E-state index in [1.54, 1.807) is 6.92 Å². The minimum Gasteiger partial charge on any atom is -0.462 e. The Morgan fingerprint density at radius 1 is 1.08 bits per heavy atom. The van der Waals surface area contributed by atoms with Gasteiger partial charge in [-0.1, -0.05) is 31.9 Å². The maximum Gasteiger partial charge on any atom is 0.302 e. The second-order valence-electron chi connectivity index (χ2n) is 12.5. The lowest BCUT2D eigenvalue weighted by Crippen LogP contribution is -2.55. The van der Waals surface area contributed by atoms with Crippen molar-refractivity contribution in [1.29, 1.82) is 0 Å². The molecule has 0 N–H and O–H groups in total. The van der Waals surface area contributed by atoms with Crippen molar-refractivity contribution in [3.05, 3.63) is 11.6 Å². The maximum absolute atomic E-state index is 12.0. The van der Waals surface area contributed by atoms with E-state index in [1.165, 1.54) is 12.5 Å². The smallest absolute Gasteiger partial charge is 0.302 e. The Morgan fingerprint density at radius 3 is 2.58 bits per heavy atom. The van der Waals surface area contributed by atoms with Crippen molar-refractivity contribution in [3.63, 3.8) is 0 Å². The molecule has 202 valence electrons. The van der Waals surface area contributed by atoms with Gasteiger partial charge in [0.2, 0.25) is 0 Å². The fourth-order valence-electron chi connectivity index (χ4n) is 9.15. The van der Waals surface area contributed by atoms with Crippen molar-refractivity contribution in [2.24, 2.45) is 34.5 Å². The molecule has 1 saturated heterocycles. The zero-order valence-corrected chi connectivity index (χ0v) is 22.8. The van der Waals surface area contributed by atoms with Gasteiger partial charge >= 0.3 is 11.9 Å². The molecule has 36 heavy (non-hydrogen) atoms. The third-order valence-corrected chi connectivity index (χ3v) is 10.7. The number of rotatable bonds is 6. The third-order valence-electron chi connectivity index (χ3n) is 10.7. The standard InChI is InChI=1S/C30H46O6/c1-5-21-16-26(36-20(3)32)29(4)13-12-25-24(28(21)29)10-9-22-17-23(35-19(2)31)11-14-30(22,25)18-34-27-8-6-7-15-33-27/h9,21,23-28H,5-8,10-18H2,1-4H3/t21-,23-,24+,25-,26-,27?,28-,29+,30+/m0/s1. The molecule has 9 atom stereocenters. The molecule has 3 saturated carbocycles. The quantitative estimate of drug-likeness (QED) is 0.329. The molecular formula is C30H46O6. The van der Waals surface area contributed by atoms with E-state index in [9.17, 15) is 9.59 Å². The summed E-state index contributed by atoms with van der Waals surface area (Å²) in [6, 6.07) is 0. The van der Waals surface area contributed by atoms with Gasteiger partial charge in [0.25, 0.3) is 0 Å². The van der Waals surface area contributed by atoms with E-state index < -0.39 is 0 Å². The minimum absolute atomic E-state index is 0.0144. The summed E-state index contributed by atoms with van der Waals surface area (Å²) >= 11 is 0. The first kappa shape index (κ1) is 26.2. The number of esters is 2. The van der Waals surface area contributed by atoms with Crippen LogP contribution in [0.4, 0.5) is 0 Å². The molecule has 1 unspecified atom stereocenters. The van der Waals surface area contributed by atoms with Gasteiger partial charge in [0.1, 0.15) is 12.2 Å². The molecule has 6 nitrogen and oxygen atoms in total. The van der Waals surface area contributed by atoms with E-state index in [4.69, 9.17) is 18.9 Å². The molecule has 1 heterocycles. The number of carbonyl (C=O) groups is 2. The Bertz CT molecular complexity index is 862. The predicted molar refractivity (Wildman–Crippen MR) is 136 cm³/mol. The largest absolute Gasteiger partial charge is 0.462 e. The monoisotopic (exact) mass is 502 g/mol. The van der Waals surface area contributed by atoms with Crippen LogP contribution in [0, 0.1) is 34.5 Å². The molecule has 6 heteroatoms. The fourth-order valence-corrected chi connectivity index (χ4v) is 9.15. The van der Waals surface area contributed by atoms with Crippen LogP contribution in [0.1, 0.15) is 98.3 Å². The van der Waals surface area contributed by atoms with E-state index in [0.717, 1.165) is 77.2 Å². The molecule has 0 aromatic heterocycles. The number of fused-ring (bicyclic) bond motifs is 5. The molecule has 0 radical (unpaired) electrons. The Balaban J connectivity index is 1.44. The molecule has 4 fully saturated rings. The van der Waals surface area contributed by atoms with Gasteiger partial charge < -0.3 is 18.9 Å². The van der Waals surface area contributed by atoms with Crippen molar-refractivity contribution in [3.8, 4) is 0 Å². The van der Waals surface area contributed by atoms with Gasteiger partial charge in [-0.05, 0) is 81.5 Å². The molecule has 4 aliphatic carbocycles. The Morgan fingerprint density at radius 2 is 1.89 bits per heavy atom. The summed E-state index contributed by atoms with van der Waals surface area (Å²) in [5.74, 6) is 1.92. The normalized spacial score (nSPS) is 44.0. The molecule has 0 amide bonds. The highest BCUT2D eigenvalue weighted by Gasteiger charge is 2.63. The lowest BCUT2D eigenvalue weighted by Gasteiger charge is -2.59. The first-order chi connectivity index (χ1) is 17.3. The van der Waals surface area contributed by atoms with Gasteiger partial charge in [-0.2, -0.15) is 0 Å². The van der Waals surface area contributed by atoms with Crippen LogP contribution < -0.4 is 0 Å². The number of hydrogen-bond donors (Lipinski definition) is 0. The van der Waals surface area contributed by atoms with Crippen LogP contribution in [0.2, 0.25) is 0 Å². The molecule has 0 aromatic carbocycles. The minimum atomic E-state index is -0.185. The maximum atomic E-state index is 12.0. The Hall–Kier alpha value is -1.40. The number of allylic oxidation sites excluding steroid dienone is 1. The van der Waals surface area contributed by atoms with Gasteiger partial charge in [0.05, 0.1) is 6.61 Å². The highest BCUT2D eigenvalue weighted by atomic mass is 16.7. The molecule has 5 aliphatic rings. The summed E-state index contributed by atoms with van der Waals surface area (Å²) in [6.45, 7) is 9.26. The molecule has 0 spiro atoms. The molecule has 1 aliphatic heterocycles. The Kier molecular flexibility index (Phi) is 7.57. The van der Waals surface area contributed by atoms with E-state index in [-0.39, 0.29) is 41.3 Å². The summed E-state index contributed by atoms with van der Waals surface area (Å²) in [4.78, 5) is 23.7. The first-order valence-electron chi connectivity index (χ1n) is 14.5. The summed E-state index contributed by atoms with van der Waals surface area (Å²) in [5, 5.41) is 0. The summed E-state index contributed by atoms with van der Waals surface area (Å²) in [5.41, 5.74) is 1.48. The highest BCUT2D eigenvalue weighted by molar-refractivity contribution is 5.66. The number of ether oxygens (including phenoxy) is 4. The van der Waals surface area contributed by atoms with Crippen molar-refractivity contribution in [1.82, 2.24) is 0 Å². The second kappa shape index (κ2) is 10.4. The lowest BCUT2D eigenvalue weighted by atomic mass is 9.46. The zero-order valence-electron chi connectivity index (χ0n) is 22.8. The van der Waals surface area contributed by atoms with Gasteiger partial charge in [0.15, 0.2) is 6.29 Å². The van der Waals surface area contributed by atoms with Gasteiger partial charge in [-0.3, -0.25) is 9.59 Å². The van der Waals surface area contributed by atoms with Gasteiger partial charge in [-0.15, -0.1) is 0 Å². The summed E-state index contributed by atoms with van der Waals surface area (Å²) in [6.07, 6.45) is 13.8. The van der Waals surface area contributed by atoms with Crippen LogP contribution in [0.15, 0.2) is 11.6 Å². The topological polar surface area (TPSA) is 71.1 Å². The fraction of sp³-hybridized carbons (Fsp3) is 0.867. The number of hydrogen-bond acceptors (Lipinski definition) is 6. The van der Waals surface area contributed by atoms with Crippen molar-refractivity contribution >= 4 is 11.9 Å². The van der Waals surface area contributed by atoms with Crippen molar-refractivity contribution < 1.29 is 28.5 Å². The van der Waals surface area contributed by atoms with Gasteiger partial charge in [-0.25, -0.2) is 0 Å². The van der Waals surface area contributed by atoms with Crippen LogP contribution in [0.5, 0.6) is 0 Å². The second-order valence-corrected chi connectivity index (χ2v) is 12.5. The van der Waals surface area contributed by atoms with Crippen LogP contribution in [0.25, 0.3) is 0 Å². The average molecular weight is 503 g/mol. The summed E-state index contributed by atoms with van der Waals surface area (Å²) in [7, 11) is 0. The van der Waals surface area contributed by atoms with E-state index in [2.05, 4.69) is 19.9 Å². The summed E-state index contributed by atoms with van der Waals surface area (Å²) < 4.78 is 24.2. The van der Waals surface area contributed by atoms with E-state index in [1.807, 2.05) is 0 Å². The molecule has 0 bridgehead atoms. The highest BCUT2D eigenvalue weighted by Crippen LogP contribution is 2.67. The van der Waals surface area contributed by atoms with E-state index in [0.29, 0.717) is 30.3 Å². The first-order valence-corrected chi connectivity index (χ1v) is 14.5.